The van der Waals surface area contributed by atoms with E-state index in [1.165, 1.54) is 0 Å². The lowest BCUT2D eigenvalue weighted by molar-refractivity contribution is -0.0564. The van der Waals surface area contributed by atoms with Crippen molar-refractivity contribution in [3.63, 3.8) is 0 Å². The van der Waals surface area contributed by atoms with Crippen molar-refractivity contribution in [2.75, 3.05) is 6.61 Å². The Morgan fingerprint density at radius 3 is 2.44 bits per heavy atom. The van der Waals surface area contributed by atoms with Crippen molar-refractivity contribution in [3.05, 3.63) is 33.8 Å². The Labute approximate surface area is 119 Å². The van der Waals surface area contributed by atoms with Crippen LogP contribution in [0.25, 0.3) is 0 Å². The third-order valence-electron chi connectivity index (χ3n) is 3.23. The molecular weight excluding hydrogens is 271 g/mol. The molecule has 5 heteroatoms. The predicted molar refractivity (Wildman–Crippen MR) is 76.8 cm³/mol. The molecule has 0 spiro atoms. The van der Waals surface area contributed by atoms with Gasteiger partial charge in [0.15, 0.2) is 0 Å². The summed E-state index contributed by atoms with van der Waals surface area (Å²) in [7, 11) is 0. The van der Waals surface area contributed by atoms with Crippen LogP contribution in [0.1, 0.15) is 38.8 Å². The van der Waals surface area contributed by atoms with Crippen LogP contribution in [0.2, 0.25) is 10.0 Å². The zero-order valence-electron chi connectivity index (χ0n) is 11.0. The second-order valence-corrected chi connectivity index (χ2v) is 5.19. The molecule has 0 bridgehead atoms. The van der Waals surface area contributed by atoms with E-state index in [4.69, 9.17) is 33.8 Å². The maximum atomic E-state index is 6.04. The van der Waals surface area contributed by atoms with Gasteiger partial charge in [-0.25, -0.2) is 0 Å². The predicted octanol–water partition coefficient (Wildman–Crippen LogP) is 3.70. The molecule has 0 aliphatic heterocycles. The lowest BCUT2D eigenvalue weighted by Gasteiger charge is -2.36. The van der Waals surface area contributed by atoms with Gasteiger partial charge in [0.05, 0.1) is 21.7 Å². The Balaban J connectivity index is 3.11. The zero-order valence-corrected chi connectivity index (χ0v) is 12.5. The smallest absolute Gasteiger partial charge is 0.0858 e. The fraction of sp³-hybridized carbons (Fsp3) is 0.538. The fourth-order valence-corrected chi connectivity index (χ4v) is 2.34. The van der Waals surface area contributed by atoms with Crippen molar-refractivity contribution in [2.45, 2.75) is 38.8 Å². The molecule has 0 radical (unpaired) electrons. The van der Waals surface area contributed by atoms with Crippen LogP contribution in [-0.4, -0.2) is 12.2 Å². The minimum Gasteiger partial charge on any atom is -0.374 e. The number of nitrogens with one attached hydrogen (secondary N) is 1. The first-order valence-corrected chi connectivity index (χ1v) is 6.79. The minimum absolute atomic E-state index is 0.141. The summed E-state index contributed by atoms with van der Waals surface area (Å²) in [5.41, 5.74) is 3.39. The van der Waals surface area contributed by atoms with Gasteiger partial charge in [-0.1, -0.05) is 36.2 Å². The Morgan fingerprint density at radius 1 is 1.33 bits per heavy atom. The molecule has 0 aliphatic carbocycles. The average molecular weight is 291 g/mol. The maximum Gasteiger partial charge on any atom is 0.0858 e. The molecule has 3 N–H and O–H groups in total. The molecule has 1 rings (SSSR count). The van der Waals surface area contributed by atoms with Crippen LogP contribution in [-0.2, 0) is 4.74 Å². The summed E-state index contributed by atoms with van der Waals surface area (Å²) in [5.74, 6) is 5.68. The van der Waals surface area contributed by atoms with E-state index in [0.29, 0.717) is 16.7 Å². The molecule has 0 amide bonds. The van der Waals surface area contributed by atoms with Crippen molar-refractivity contribution in [2.24, 2.45) is 5.84 Å². The highest BCUT2D eigenvalue weighted by atomic mass is 35.5. The van der Waals surface area contributed by atoms with Gasteiger partial charge in [-0.05, 0) is 38.0 Å². The summed E-state index contributed by atoms with van der Waals surface area (Å²) in [5, 5.41) is 1.05. The van der Waals surface area contributed by atoms with Crippen molar-refractivity contribution in [3.8, 4) is 0 Å². The number of hydrogen-bond acceptors (Lipinski definition) is 3. The molecule has 0 saturated carbocycles. The monoisotopic (exact) mass is 290 g/mol. The summed E-state index contributed by atoms with van der Waals surface area (Å²) < 4.78 is 5.84. The first-order chi connectivity index (χ1) is 8.48. The molecule has 0 aliphatic rings. The van der Waals surface area contributed by atoms with E-state index in [-0.39, 0.29) is 11.6 Å². The first kappa shape index (κ1) is 15.7. The number of nitrogens with two attached hydrogens (primary N) is 1. The topological polar surface area (TPSA) is 47.3 Å². The highest BCUT2D eigenvalue weighted by Crippen LogP contribution is 2.34. The molecular formula is C13H20Cl2N2O. The van der Waals surface area contributed by atoms with Crippen LogP contribution in [0.4, 0.5) is 0 Å². The van der Waals surface area contributed by atoms with Gasteiger partial charge in [-0.15, -0.1) is 0 Å². The lowest BCUT2D eigenvalue weighted by Crippen LogP contribution is -2.46. The third-order valence-corrected chi connectivity index (χ3v) is 3.97. The quantitative estimate of drug-likeness (QED) is 0.620. The van der Waals surface area contributed by atoms with Gasteiger partial charge in [0.25, 0.3) is 0 Å². The molecule has 0 saturated heterocycles. The van der Waals surface area contributed by atoms with Crippen LogP contribution in [0.15, 0.2) is 18.2 Å². The highest BCUT2D eigenvalue weighted by Gasteiger charge is 2.34. The summed E-state index contributed by atoms with van der Waals surface area (Å²) in [6.45, 7) is 6.70. The molecule has 3 nitrogen and oxygen atoms in total. The summed E-state index contributed by atoms with van der Waals surface area (Å²) in [4.78, 5) is 0. The van der Waals surface area contributed by atoms with Crippen molar-refractivity contribution < 1.29 is 4.74 Å². The van der Waals surface area contributed by atoms with E-state index >= 15 is 0 Å². The Hall–Kier alpha value is -0.320. The SMILES string of the molecule is CCOC(C)(CC)C(NN)c1ccc(Cl)c(Cl)c1. The number of hydrazine groups is 1. The van der Waals surface area contributed by atoms with Crippen molar-refractivity contribution in [1.82, 2.24) is 5.43 Å². The Kier molecular flexibility index (Phi) is 5.89. The molecule has 0 fully saturated rings. The first-order valence-electron chi connectivity index (χ1n) is 6.03. The number of rotatable bonds is 6. The second-order valence-electron chi connectivity index (χ2n) is 4.37. The van der Waals surface area contributed by atoms with Crippen LogP contribution >= 0.6 is 23.2 Å². The average Bonchev–Trinajstić information content (AvgIpc) is 2.35. The van der Waals surface area contributed by atoms with Crippen LogP contribution < -0.4 is 11.3 Å². The molecule has 0 aromatic heterocycles. The van der Waals surface area contributed by atoms with Gasteiger partial charge in [0.2, 0.25) is 0 Å². The van der Waals surface area contributed by atoms with E-state index in [2.05, 4.69) is 12.3 Å². The van der Waals surface area contributed by atoms with E-state index in [0.717, 1.165) is 12.0 Å². The molecule has 102 valence electrons. The van der Waals surface area contributed by atoms with Gasteiger partial charge in [0.1, 0.15) is 0 Å². The Morgan fingerprint density at radius 2 is 2.00 bits per heavy atom. The number of ether oxygens (including phenoxy) is 1. The summed E-state index contributed by atoms with van der Waals surface area (Å²) in [6, 6.07) is 5.36. The molecule has 2 unspecified atom stereocenters. The normalized spacial score (nSPS) is 16.3. The van der Waals surface area contributed by atoms with Crippen LogP contribution in [0, 0.1) is 0 Å². The molecule has 18 heavy (non-hydrogen) atoms. The fourth-order valence-electron chi connectivity index (χ4n) is 2.04. The van der Waals surface area contributed by atoms with Gasteiger partial charge in [-0.3, -0.25) is 11.3 Å². The van der Waals surface area contributed by atoms with Crippen molar-refractivity contribution in [1.29, 1.82) is 0 Å². The van der Waals surface area contributed by atoms with Gasteiger partial charge >= 0.3 is 0 Å². The van der Waals surface area contributed by atoms with E-state index in [1.54, 1.807) is 6.07 Å². The van der Waals surface area contributed by atoms with E-state index in [1.807, 2.05) is 26.0 Å². The van der Waals surface area contributed by atoms with Gasteiger partial charge in [-0.2, -0.15) is 0 Å². The highest BCUT2D eigenvalue weighted by molar-refractivity contribution is 6.42. The van der Waals surface area contributed by atoms with Gasteiger partial charge in [0, 0.05) is 6.61 Å². The largest absolute Gasteiger partial charge is 0.374 e. The maximum absolute atomic E-state index is 6.04. The van der Waals surface area contributed by atoms with E-state index in [9.17, 15) is 0 Å². The molecule has 1 aromatic rings. The third kappa shape index (κ3) is 3.37. The molecule has 2 atom stereocenters. The summed E-state index contributed by atoms with van der Waals surface area (Å²) in [6.07, 6.45) is 0.829. The molecule has 1 aromatic carbocycles. The zero-order chi connectivity index (χ0) is 13.8. The van der Waals surface area contributed by atoms with Gasteiger partial charge < -0.3 is 4.74 Å². The second kappa shape index (κ2) is 6.73. The number of hydrogen-bond donors (Lipinski definition) is 2. The standard InChI is InChI=1S/C13H20Cl2N2O/c1-4-13(3,18-5-2)12(17-16)9-6-7-10(14)11(15)8-9/h6-8,12,17H,4-5,16H2,1-3H3. The van der Waals surface area contributed by atoms with Crippen LogP contribution in [0.3, 0.4) is 0 Å². The summed E-state index contributed by atoms with van der Waals surface area (Å²) >= 11 is 12.0. The lowest BCUT2D eigenvalue weighted by atomic mass is 9.88. The van der Waals surface area contributed by atoms with E-state index < -0.39 is 0 Å². The van der Waals surface area contributed by atoms with Crippen molar-refractivity contribution >= 4 is 23.2 Å². The Bertz CT molecular complexity index is 401. The van der Waals surface area contributed by atoms with Crippen LogP contribution in [0.5, 0.6) is 0 Å². The number of halogens is 2. The number of benzene rings is 1. The molecule has 0 heterocycles. The minimum atomic E-state index is -0.388.